The maximum Gasteiger partial charge on any atom is 0.325 e. The zero-order chi connectivity index (χ0) is 9.10. The van der Waals surface area contributed by atoms with Crippen molar-refractivity contribution in [1.29, 1.82) is 0 Å². The Bertz CT molecular complexity index is 359. The molecule has 0 spiro atoms. The van der Waals surface area contributed by atoms with Gasteiger partial charge in [0, 0.05) is 18.9 Å². The van der Waals surface area contributed by atoms with Crippen LogP contribution in [0.5, 0.6) is 0 Å². The first-order valence-electron chi connectivity index (χ1n) is 4.78. The van der Waals surface area contributed by atoms with Gasteiger partial charge in [-0.2, -0.15) is 0 Å². The fourth-order valence-electron chi connectivity index (χ4n) is 1.74. The van der Waals surface area contributed by atoms with Gasteiger partial charge in [-0.05, 0) is 25.7 Å². The molecule has 0 radical (unpaired) electrons. The van der Waals surface area contributed by atoms with Gasteiger partial charge in [0.05, 0.1) is 0 Å². The lowest BCUT2D eigenvalue weighted by molar-refractivity contribution is 0.636. The Morgan fingerprint density at radius 2 is 2.38 bits per heavy atom. The molecule has 0 saturated heterocycles. The second kappa shape index (κ2) is 3.64. The standard InChI is InChI=1S/C10H14N2O/c13-10-11-6-7-12(10)8-9-4-2-1-3-5-9/h4,6-7H,1-3,5,8H2,(H,11,13). The monoisotopic (exact) mass is 178 g/mol. The topological polar surface area (TPSA) is 37.8 Å². The molecule has 0 unspecified atom stereocenters. The summed E-state index contributed by atoms with van der Waals surface area (Å²) in [7, 11) is 0. The van der Waals surface area contributed by atoms with Gasteiger partial charge in [-0.15, -0.1) is 0 Å². The third-order valence-electron chi connectivity index (χ3n) is 2.48. The number of hydrogen-bond acceptors (Lipinski definition) is 1. The molecule has 70 valence electrons. The van der Waals surface area contributed by atoms with Gasteiger partial charge in [0.1, 0.15) is 0 Å². The predicted molar refractivity (Wildman–Crippen MR) is 51.6 cm³/mol. The Kier molecular flexibility index (Phi) is 2.34. The van der Waals surface area contributed by atoms with Crippen LogP contribution in [-0.2, 0) is 6.54 Å². The minimum Gasteiger partial charge on any atom is -0.313 e. The second-order valence-corrected chi connectivity index (χ2v) is 3.50. The van der Waals surface area contributed by atoms with E-state index in [1.165, 1.54) is 24.8 Å². The van der Waals surface area contributed by atoms with Crippen LogP contribution >= 0.6 is 0 Å². The Balaban J connectivity index is 2.09. The summed E-state index contributed by atoms with van der Waals surface area (Å²) in [6.07, 6.45) is 10.6. The van der Waals surface area contributed by atoms with Crippen molar-refractivity contribution in [2.45, 2.75) is 32.2 Å². The first kappa shape index (κ1) is 8.35. The Labute approximate surface area is 77.1 Å². The van der Waals surface area contributed by atoms with Crippen LogP contribution in [0.2, 0.25) is 0 Å². The average molecular weight is 178 g/mol. The van der Waals surface area contributed by atoms with Crippen LogP contribution < -0.4 is 5.69 Å². The van der Waals surface area contributed by atoms with Gasteiger partial charge < -0.3 is 4.98 Å². The van der Waals surface area contributed by atoms with Crippen LogP contribution in [0, 0.1) is 0 Å². The maximum absolute atomic E-state index is 11.2. The molecule has 0 fully saturated rings. The summed E-state index contributed by atoms with van der Waals surface area (Å²) >= 11 is 0. The van der Waals surface area contributed by atoms with Crippen molar-refractivity contribution in [2.75, 3.05) is 0 Å². The number of aromatic nitrogens is 2. The largest absolute Gasteiger partial charge is 0.325 e. The molecular weight excluding hydrogens is 164 g/mol. The molecule has 1 aliphatic carbocycles. The van der Waals surface area contributed by atoms with E-state index in [4.69, 9.17) is 0 Å². The van der Waals surface area contributed by atoms with E-state index in [-0.39, 0.29) is 5.69 Å². The molecule has 0 saturated carbocycles. The van der Waals surface area contributed by atoms with Gasteiger partial charge in [-0.1, -0.05) is 11.6 Å². The van der Waals surface area contributed by atoms with Crippen LogP contribution in [0.15, 0.2) is 28.8 Å². The van der Waals surface area contributed by atoms with Crippen molar-refractivity contribution in [3.8, 4) is 0 Å². The highest BCUT2D eigenvalue weighted by Gasteiger charge is 2.04. The molecule has 13 heavy (non-hydrogen) atoms. The van der Waals surface area contributed by atoms with Crippen LogP contribution in [0.1, 0.15) is 25.7 Å². The smallest absolute Gasteiger partial charge is 0.313 e. The maximum atomic E-state index is 11.2. The van der Waals surface area contributed by atoms with Crippen LogP contribution in [0.3, 0.4) is 0 Å². The van der Waals surface area contributed by atoms with Crippen molar-refractivity contribution in [2.24, 2.45) is 0 Å². The van der Waals surface area contributed by atoms with Crippen LogP contribution in [0.25, 0.3) is 0 Å². The predicted octanol–water partition coefficient (Wildman–Crippen LogP) is 1.68. The molecule has 1 heterocycles. The van der Waals surface area contributed by atoms with Gasteiger partial charge >= 0.3 is 5.69 Å². The minimum absolute atomic E-state index is 0.00789. The van der Waals surface area contributed by atoms with E-state index in [1.54, 1.807) is 17.0 Å². The lowest BCUT2D eigenvalue weighted by Crippen LogP contribution is -2.17. The number of rotatable bonds is 2. The summed E-state index contributed by atoms with van der Waals surface area (Å²) in [6.45, 7) is 0.766. The molecular formula is C10H14N2O. The van der Waals surface area contributed by atoms with Gasteiger partial charge in [0.15, 0.2) is 0 Å². The molecule has 1 aromatic heterocycles. The van der Waals surface area contributed by atoms with Crippen molar-refractivity contribution >= 4 is 0 Å². The summed E-state index contributed by atoms with van der Waals surface area (Å²) in [5, 5.41) is 0. The lowest BCUT2D eigenvalue weighted by atomic mass is 10.00. The van der Waals surface area contributed by atoms with E-state index in [0.717, 1.165) is 13.0 Å². The summed E-state index contributed by atoms with van der Waals surface area (Å²) in [6, 6.07) is 0. The molecule has 2 rings (SSSR count). The fourth-order valence-corrected chi connectivity index (χ4v) is 1.74. The highest BCUT2D eigenvalue weighted by Crippen LogP contribution is 2.17. The lowest BCUT2D eigenvalue weighted by Gasteiger charge is -2.12. The van der Waals surface area contributed by atoms with Gasteiger partial charge in [-0.25, -0.2) is 4.79 Å². The first-order chi connectivity index (χ1) is 6.36. The fraction of sp³-hybridized carbons (Fsp3) is 0.500. The number of allylic oxidation sites excluding steroid dienone is 2. The molecule has 0 amide bonds. The van der Waals surface area contributed by atoms with E-state index >= 15 is 0 Å². The summed E-state index contributed by atoms with van der Waals surface area (Å²) in [5.74, 6) is 0. The molecule has 0 aliphatic heterocycles. The van der Waals surface area contributed by atoms with Crippen molar-refractivity contribution < 1.29 is 0 Å². The summed E-state index contributed by atoms with van der Waals surface area (Å²) in [4.78, 5) is 13.8. The van der Waals surface area contributed by atoms with Crippen LogP contribution in [0.4, 0.5) is 0 Å². The Morgan fingerprint density at radius 3 is 3.00 bits per heavy atom. The molecule has 1 aliphatic rings. The number of aromatic amines is 1. The SMILES string of the molecule is O=c1[nH]ccn1CC1=CCCCC1. The van der Waals surface area contributed by atoms with E-state index in [9.17, 15) is 4.79 Å². The van der Waals surface area contributed by atoms with E-state index in [1.807, 2.05) is 0 Å². The Hall–Kier alpha value is -1.25. The third-order valence-corrected chi connectivity index (χ3v) is 2.48. The van der Waals surface area contributed by atoms with Crippen molar-refractivity contribution in [3.63, 3.8) is 0 Å². The number of hydrogen-bond donors (Lipinski definition) is 1. The number of nitrogens with one attached hydrogen (secondary N) is 1. The number of imidazole rings is 1. The summed E-state index contributed by atoms with van der Waals surface area (Å²) < 4.78 is 1.72. The van der Waals surface area contributed by atoms with Crippen molar-refractivity contribution in [1.82, 2.24) is 9.55 Å². The third kappa shape index (κ3) is 1.91. The molecule has 3 heteroatoms. The van der Waals surface area contributed by atoms with E-state index in [2.05, 4.69) is 11.1 Å². The quantitative estimate of drug-likeness (QED) is 0.687. The minimum atomic E-state index is -0.00789. The number of H-pyrrole nitrogens is 1. The molecule has 1 N–H and O–H groups in total. The van der Waals surface area contributed by atoms with Crippen LogP contribution in [-0.4, -0.2) is 9.55 Å². The highest BCUT2D eigenvalue weighted by atomic mass is 16.1. The first-order valence-corrected chi connectivity index (χ1v) is 4.78. The molecule has 0 bridgehead atoms. The Morgan fingerprint density at radius 1 is 1.46 bits per heavy atom. The zero-order valence-corrected chi connectivity index (χ0v) is 7.62. The van der Waals surface area contributed by atoms with Gasteiger partial charge in [-0.3, -0.25) is 4.57 Å². The normalized spacial score (nSPS) is 17.1. The van der Waals surface area contributed by atoms with Crippen molar-refractivity contribution in [3.05, 3.63) is 34.5 Å². The van der Waals surface area contributed by atoms with E-state index < -0.39 is 0 Å². The number of nitrogens with zero attached hydrogens (tertiary/aromatic N) is 1. The average Bonchev–Trinajstić information content (AvgIpc) is 2.54. The second-order valence-electron chi connectivity index (χ2n) is 3.50. The molecule has 3 nitrogen and oxygen atoms in total. The van der Waals surface area contributed by atoms with Gasteiger partial charge in [0.2, 0.25) is 0 Å². The zero-order valence-electron chi connectivity index (χ0n) is 7.62. The molecule has 0 aromatic carbocycles. The molecule has 0 atom stereocenters. The highest BCUT2D eigenvalue weighted by molar-refractivity contribution is 5.05. The van der Waals surface area contributed by atoms with E-state index in [0.29, 0.717) is 0 Å². The molecule has 1 aromatic rings. The van der Waals surface area contributed by atoms with Gasteiger partial charge in [0.25, 0.3) is 0 Å². The summed E-state index contributed by atoms with van der Waals surface area (Å²) in [5.41, 5.74) is 1.39.